The molecule has 1 saturated heterocycles. The topological polar surface area (TPSA) is 79.5 Å². The maximum absolute atomic E-state index is 11.5. The summed E-state index contributed by atoms with van der Waals surface area (Å²) in [7, 11) is -3.07. The summed E-state index contributed by atoms with van der Waals surface area (Å²) >= 11 is 0. The van der Waals surface area contributed by atoms with Crippen molar-refractivity contribution in [1.82, 2.24) is 14.2 Å². The molecule has 0 aromatic carbocycles. The summed E-state index contributed by atoms with van der Waals surface area (Å²) in [5, 5.41) is 0. The van der Waals surface area contributed by atoms with Gasteiger partial charge in [0, 0.05) is 44.6 Å². The summed E-state index contributed by atoms with van der Waals surface area (Å²) in [5.74, 6) is 0. The van der Waals surface area contributed by atoms with Crippen molar-refractivity contribution in [3.63, 3.8) is 0 Å². The van der Waals surface area contributed by atoms with Crippen LogP contribution in [-0.4, -0.2) is 55.0 Å². The maximum Gasteiger partial charge on any atom is 0.211 e. The Morgan fingerprint density at radius 2 is 1.85 bits per heavy atom. The number of hydrogen-bond acceptors (Lipinski definition) is 5. The fourth-order valence-corrected chi connectivity index (χ4v) is 3.21. The molecule has 0 unspecified atom stereocenters. The van der Waals surface area contributed by atoms with Gasteiger partial charge in [-0.1, -0.05) is 0 Å². The highest BCUT2D eigenvalue weighted by Gasteiger charge is 2.23. The first-order chi connectivity index (χ1) is 9.29. The summed E-state index contributed by atoms with van der Waals surface area (Å²) in [6, 6.07) is 0. The minimum absolute atomic E-state index is 0.541. The van der Waals surface area contributed by atoms with E-state index in [1.807, 2.05) is 13.8 Å². The molecule has 0 aliphatic carbocycles. The molecule has 0 saturated carbocycles. The molecule has 0 bridgehead atoms. The van der Waals surface area contributed by atoms with Gasteiger partial charge < -0.3 is 5.73 Å². The summed E-state index contributed by atoms with van der Waals surface area (Å²) in [6.45, 7) is 7.18. The first-order valence-corrected chi connectivity index (χ1v) is 8.52. The van der Waals surface area contributed by atoms with Crippen LogP contribution in [0, 0.1) is 13.8 Å². The zero-order valence-electron chi connectivity index (χ0n) is 12.3. The number of piperazine rings is 1. The SMILES string of the molecule is Cc1cnc(CN2CCN(S(C)(=O)=O)CC2)c(C)c1N. The van der Waals surface area contributed by atoms with E-state index < -0.39 is 10.0 Å². The fraction of sp³-hybridized carbons (Fsp3) is 0.615. The standard InChI is InChI=1S/C13H22N4O2S/c1-10-8-15-12(11(2)13(10)14)9-16-4-6-17(7-5-16)20(3,18)19/h8H,4-7,9H2,1-3H3,(H2,14,15). The summed E-state index contributed by atoms with van der Waals surface area (Å²) < 4.78 is 24.5. The Labute approximate surface area is 120 Å². The summed E-state index contributed by atoms with van der Waals surface area (Å²) in [4.78, 5) is 6.66. The first-order valence-electron chi connectivity index (χ1n) is 6.67. The number of nitrogens with zero attached hydrogens (tertiary/aromatic N) is 3. The van der Waals surface area contributed by atoms with Crippen LogP contribution in [0.3, 0.4) is 0 Å². The van der Waals surface area contributed by atoms with Crippen molar-refractivity contribution in [3.05, 3.63) is 23.0 Å². The van der Waals surface area contributed by atoms with E-state index in [1.165, 1.54) is 10.6 Å². The van der Waals surface area contributed by atoms with Crippen LogP contribution in [0.1, 0.15) is 16.8 Å². The van der Waals surface area contributed by atoms with Crippen molar-refractivity contribution in [2.45, 2.75) is 20.4 Å². The van der Waals surface area contributed by atoms with Crippen molar-refractivity contribution in [1.29, 1.82) is 0 Å². The molecule has 6 nitrogen and oxygen atoms in total. The molecular weight excluding hydrogens is 276 g/mol. The first kappa shape index (κ1) is 15.2. The minimum Gasteiger partial charge on any atom is -0.398 e. The predicted molar refractivity (Wildman–Crippen MR) is 79.8 cm³/mol. The predicted octanol–water partition coefficient (Wildman–Crippen LogP) is 0.358. The Morgan fingerprint density at radius 3 is 2.40 bits per heavy atom. The normalized spacial score (nSPS) is 18.4. The molecule has 0 atom stereocenters. The van der Waals surface area contributed by atoms with Crippen molar-refractivity contribution in [2.75, 3.05) is 38.2 Å². The van der Waals surface area contributed by atoms with Crippen LogP contribution < -0.4 is 5.73 Å². The molecule has 1 aromatic rings. The summed E-state index contributed by atoms with van der Waals surface area (Å²) in [5.41, 5.74) is 9.81. The lowest BCUT2D eigenvalue weighted by molar-refractivity contribution is 0.180. The van der Waals surface area contributed by atoms with Gasteiger partial charge in [-0.2, -0.15) is 4.31 Å². The molecule has 0 amide bonds. The van der Waals surface area contributed by atoms with E-state index >= 15 is 0 Å². The molecule has 2 N–H and O–H groups in total. The monoisotopic (exact) mass is 298 g/mol. The average Bonchev–Trinajstić information content (AvgIpc) is 2.39. The van der Waals surface area contributed by atoms with Crippen LogP contribution in [0.4, 0.5) is 5.69 Å². The smallest absolute Gasteiger partial charge is 0.211 e. The van der Waals surface area contributed by atoms with E-state index in [9.17, 15) is 8.42 Å². The lowest BCUT2D eigenvalue weighted by atomic mass is 10.1. The number of nitrogen functional groups attached to an aromatic ring is 1. The van der Waals surface area contributed by atoms with Crippen molar-refractivity contribution in [2.24, 2.45) is 0 Å². The number of nitrogens with two attached hydrogens (primary N) is 1. The second-order valence-electron chi connectivity index (χ2n) is 5.36. The number of hydrogen-bond donors (Lipinski definition) is 1. The third-order valence-electron chi connectivity index (χ3n) is 3.85. The van der Waals surface area contributed by atoms with E-state index in [0.29, 0.717) is 19.6 Å². The largest absolute Gasteiger partial charge is 0.398 e. The maximum atomic E-state index is 11.5. The van der Waals surface area contributed by atoms with Crippen LogP contribution in [0.2, 0.25) is 0 Å². The van der Waals surface area contributed by atoms with Gasteiger partial charge in [0.15, 0.2) is 0 Å². The van der Waals surface area contributed by atoms with E-state index in [1.54, 1.807) is 6.20 Å². The average molecular weight is 298 g/mol. The lowest BCUT2D eigenvalue weighted by Gasteiger charge is -2.33. The van der Waals surface area contributed by atoms with Crippen LogP contribution in [0.15, 0.2) is 6.20 Å². The van der Waals surface area contributed by atoms with Gasteiger partial charge >= 0.3 is 0 Å². The Morgan fingerprint density at radius 1 is 1.25 bits per heavy atom. The van der Waals surface area contributed by atoms with Crippen LogP contribution in [0.5, 0.6) is 0 Å². The van der Waals surface area contributed by atoms with Gasteiger partial charge in [-0.3, -0.25) is 9.88 Å². The molecule has 112 valence electrons. The Kier molecular flexibility index (Phi) is 4.31. The zero-order valence-corrected chi connectivity index (χ0v) is 13.1. The quantitative estimate of drug-likeness (QED) is 0.871. The molecular formula is C13H22N4O2S. The van der Waals surface area contributed by atoms with Gasteiger partial charge in [-0.25, -0.2) is 8.42 Å². The molecule has 2 heterocycles. The van der Waals surface area contributed by atoms with Gasteiger partial charge in [0.2, 0.25) is 10.0 Å². The highest BCUT2D eigenvalue weighted by atomic mass is 32.2. The Hall–Kier alpha value is -1.18. The Balaban J connectivity index is 2.02. The highest BCUT2D eigenvalue weighted by molar-refractivity contribution is 7.88. The van der Waals surface area contributed by atoms with Gasteiger partial charge in [-0.15, -0.1) is 0 Å². The Bertz CT molecular complexity index is 593. The highest BCUT2D eigenvalue weighted by Crippen LogP contribution is 2.19. The van der Waals surface area contributed by atoms with E-state index in [0.717, 1.165) is 35.6 Å². The molecule has 1 aliphatic heterocycles. The van der Waals surface area contributed by atoms with Crippen LogP contribution >= 0.6 is 0 Å². The van der Waals surface area contributed by atoms with E-state index in [4.69, 9.17) is 5.73 Å². The molecule has 2 rings (SSSR count). The van der Waals surface area contributed by atoms with Gasteiger partial charge in [-0.05, 0) is 25.0 Å². The molecule has 1 aromatic heterocycles. The van der Waals surface area contributed by atoms with Gasteiger partial charge in [0.1, 0.15) is 0 Å². The zero-order chi connectivity index (χ0) is 14.9. The number of pyridine rings is 1. The van der Waals surface area contributed by atoms with Crippen molar-refractivity contribution >= 4 is 15.7 Å². The third kappa shape index (κ3) is 3.28. The minimum atomic E-state index is -3.07. The second-order valence-corrected chi connectivity index (χ2v) is 7.35. The summed E-state index contributed by atoms with van der Waals surface area (Å²) in [6.07, 6.45) is 3.06. The molecule has 20 heavy (non-hydrogen) atoms. The molecule has 0 spiro atoms. The molecule has 1 aliphatic rings. The van der Waals surface area contributed by atoms with Gasteiger partial charge in [0.05, 0.1) is 11.9 Å². The molecule has 1 fully saturated rings. The van der Waals surface area contributed by atoms with Crippen molar-refractivity contribution < 1.29 is 8.42 Å². The van der Waals surface area contributed by atoms with Crippen LogP contribution in [-0.2, 0) is 16.6 Å². The fourth-order valence-electron chi connectivity index (χ4n) is 2.38. The van der Waals surface area contributed by atoms with E-state index in [2.05, 4.69) is 9.88 Å². The lowest BCUT2D eigenvalue weighted by Crippen LogP contribution is -2.47. The number of aryl methyl sites for hydroxylation is 1. The number of aromatic nitrogens is 1. The van der Waals surface area contributed by atoms with Crippen LogP contribution in [0.25, 0.3) is 0 Å². The second kappa shape index (κ2) is 5.67. The molecule has 0 radical (unpaired) electrons. The number of rotatable bonds is 3. The van der Waals surface area contributed by atoms with Crippen molar-refractivity contribution in [3.8, 4) is 0 Å². The third-order valence-corrected chi connectivity index (χ3v) is 5.15. The van der Waals surface area contributed by atoms with Gasteiger partial charge in [0.25, 0.3) is 0 Å². The molecule has 7 heteroatoms. The number of anilines is 1. The van der Waals surface area contributed by atoms with E-state index in [-0.39, 0.29) is 0 Å². The number of sulfonamides is 1.